The smallest absolute Gasteiger partial charge is 0.270 e. The summed E-state index contributed by atoms with van der Waals surface area (Å²) < 4.78 is 75.7. The minimum Gasteiger partial charge on any atom is -0.352 e. The first-order chi connectivity index (χ1) is 17.1. The van der Waals surface area contributed by atoms with Crippen LogP contribution in [0.5, 0.6) is 0 Å². The molecule has 3 fully saturated rings. The Kier molecular flexibility index (Phi) is 6.09. The summed E-state index contributed by atoms with van der Waals surface area (Å²) in [5.41, 5.74) is -1.94. The topological polar surface area (TPSA) is 99.5 Å². The van der Waals surface area contributed by atoms with Gasteiger partial charge in [-0.3, -0.25) is 4.79 Å². The van der Waals surface area contributed by atoms with Gasteiger partial charge in [0, 0.05) is 30.0 Å². The number of benzene rings is 2. The fourth-order valence-corrected chi connectivity index (χ4v) is 6.20. The number of nitrogens with one attached hydrogen (secondary N) is 1. The van der Waals surface area contributed by atoms with Gasteiger partial charge in [-0.15, -0.1) is 0 Å². The van der Waals surface area contributed by atoms with Crippen molar-refractivity contribution in [1.82, 2.24) is 9.62 Å². The van der Waals surface area contributed by atoms with E-state index in [4.69, 9.17) is 4.74 Å². The zero-order valence-electron chi connectivity index (χ0n) is 19.2. The molecule has 11 heteroatoms. The number of hydrogen-bond donors (Lipinski definition) is 1. The van der Waals surface area contributed by atoms with E-state index >= 15 is 4.39 Å². The number of sulfonamides is 1. The molecule has 0 unspecified atom stereocenters. The maximum atomic E-state index is 15.7. The Morgan fingerprint density at radius 3 is 2.44 bits per heavy atom. The third kappa shape index (κ3) is 4.17. The molecule has 1 aliphatic carbocycles. The summed E-state index contributed by atoms with van der Waals surface area (Å²) in [5, 5.41) is 9.63. The van der Waals surface area contributed by atoms with Gasteiger partial charge in [0.1, 0.15) is 17.7 Å². The molecule has 0 aromatic heterocycles. The van der Waals surface area contributed by atoms with Crippen LogP contribution in [0.25, 0.3) is 11.1 Å². The number of likely N-dealkylation sites (tertiary alicyclic amines) is 1. The van der Waals surface area contributed by atoms with Crippen molar-refractivity contribution in [3.63, 3.8) is 0 Å². The van der Waals surface area contributed by atoms with Crippen LogP contribution in [0.15, 0.2) is 42.5 Å². The van der Waals surface area contributed by atoms with Gasteiger partial charge in [-0.05, 0) is 42.5 Å². The van der Waals surface area contributed by atoms with Gasteiger partial charge in [0.25, 0.3) is 5.91 Å². The van der Waals surface area contributed by atoms with Crippen molar-refractivity contribution in [3.05, 3.63) is 59.7 Å². The van der Waals surface area contributed by atoms with Crippen molar-refractivity contribution in [2.24, 2.45) is 5.41 Å². The lowest BCUT2D eigenvalue weighted by Crippen LogP contribution is -2.59. The zero-order valence-corrected chi connectivity index (χ0v) is 20.0. The Morgan fingerprint density at radius 2 is 1.89 bits per heavy atom. The molecule has 3 atom stereocenters. The monoisotopic (exact) mass is 519 g/mol. The number of rotatable bonds is 7. The highest BCUT2D eigenvalue weighted by Gasteiger charge is 2.64. The normalized spacial score (nSPS) is 26.4. The number of alkyl halides is 1. The molecule has 3 aliphatic rings. The number of hydrogen-bond acceptors (Lipinski definition) is 5. The molecule has 190 valence electrons. The molecule has 36 heavy (non-hydrogen) atoms. The molecule has 0 radical (unpaired) electrons. The van der Waals surface area contributed by atoms with E-state index in [1.807, 2.05) is 6.07 Å². The quantitative estimate of drug-likeness (QED) is 0.606. The van der Waals surface area contributed by atoms with E-state index in [9.17, 15) is 27.3 Å². The summed E-state index contributed by atoms with van der Waals surface area (Å²) in [7, 11) is -4.33. The zero-order chi connectivity index (χ0) is 25.7. The number of ether oxygens (including phenoxy) is 1. The molecule has 1 N–H and O–H groups in total. The Bertz CT molecular complexity index is 1340. The summed E-state index contributed by atoms with van der Waals surface area (Å²) in [6.45, 7) is 0.324. The third-order valence-electron chi connectivity index (χ3n) is 7.49. The van der Waals surface area contributed by atoms with E-state index in [0.717, 1.165) is 12.1 Å². The lowest BCUT2D eigenvalue weighted by Gasteiger charge is -2.39. The van der Waals surface area contributed by atoms with Crippen molar-refractivity contribution in [1.29, 1.82) is 5.26 Å². The Labute approximate surface area is 206 Å². The molecule has 2 aromatic rings. The van der Waals surface area contributed by atoms with E-state index in [1.165, 1.54) is 4.90 Å². The first kappa shape index (κ1) is 24.7. The van der Waals surface area contributed by atoms with E-state index in [0.29, 0.717) is 18.4 Å². The highest BCUT2D eigenvalue weighted by atomic mass is 32.2. The molecule has 5 rings (SSSR count). The Balaban J connectivity index is 1.56. The molecule has 2 aromatic carbocycles. The summed E-state index contributed by atoms with van der Waals surface area (Å²) in [5.74, 6) is -2.04. The lowest BCUT2D eigenvalue weighted by molar-refractivity contribution is -0.172. The average Bonchev–Trinajstić information content (AvgIpc) is 3.56. The molecule has 2 aliphatic heterocycles. The van der Waals surface area contributed by atoms with Gasteiger partial charge in [-0.1, -0.05) is 30.3 Å². The van der Waals surface area contributed by atoms with Crippen molar-refractivity contribution in [2.45, 2.75) is 43.4 Å². The number of carbonyl (C=O) groups excluding carboxylic acids is 1. The molecule has 1 amide bonds. The van der Waals surface area contributed by atoms with Gasteiger partial charge in [-0.2, -0.15) is 5.26 Å². The van der Waals surface area contributed by atoms with Crippen molar-refractivity contribution in [2.75, 3.05) is 19.2 Å². The van der Waals surface area contributed by atoms with Crippen molar-refractivity contribution >= 4 is 15.9 Å². The van der Waals surface area contributed by atoms with Crippen LogP contribution in [0.4, 0.5) is 13.2 Å². The largest absolute Gasteiger partial charge is 0.352 e. The number of amides is 1. The van der Waals surface area contributed by atoms with Crippen LogP contribution in [0.2, 0.25) is 0 Å². The van der Waals surface area contributed by atoms with Crippen LogP contribution in [-0.2, 0) is 26.0 Å². The molecular weight excluding hydrogens is 495 g/mol. The van der Waals surface area contributed by atoms with Crippen LogP contribution >= 0.6 is 0 Å². The van der Waals surface area contributed by atoms with E-state index in [1.54, 1.807) is 30.3 Å². The van der Waals surface area contributed by atoms with Gasteiger partial charge in [-0.25, -0.2) is 26.3 Å². The van der Waals surface area contributed by atoms with Crippen molar-refractivity contribution < 1.29 is 31.1 Å². The average molecular weight is 520 g/mol. The van der Waals surface area contributed by atoms with E-state index < -0.39 is 56.7 Å². The first-order valence-corrected chi connectivity index (χ1v) is 13.2. The maximum absolute atomic E-state index is 15.7. The van der Waals surface area contributed by atoms with Crippen LogP contribution in [-0.4, -0.2) is 56.1 Å². The molecule has 1 saturated carbocycles. The van der Waals surface area contributed by atoms with Crippen LogP contribution < -0.4 is 4.72 Å². The van der Waals surface area contributed by atoms with E-state index in [2.05, 4.69) is 4.72 Å². The van der Waals surface area contributed by atoms with Crippen molar-refractivity contribution in [3.8, 4) is 17.2 Å². The minimum absolute atomic E-state index is 0.0271. The number of nitriles is 1. The standard InChI is InChI=1S/C25H24F3N3O4S/c26-15-36(33,34)30-22-20(31(14-24(22)6-7-24)23(32)25(13-29)8-9-35-25)11-17-10-18(27)12-19(21(17)28)16-4-2-1-3-5-16/h1-5,10,12,20,22,30H,6-9,11,14-15H2/t20-,22+,25-/m0/s1. The SMILES string of the molecule is N#C[C@]1(C(=O)N2CC3(CC3)[C@H](NS(=O)(=O)CF)[C@@H]2Cc2cc(F)cc(-c3ccccc3)c2F)CCO1. The highest BCUT2D eigenvalue weighted by molar-refractivity contribution is 7.89. The minimum atomic E-state index is -4.33. The van der Waals surface area contributed by atoms with Gasteiger partial charge >= 0.3 is 0 Å². The molecular formula is C25H24F3N3O4S. The van der Waals surface area contributed by atoms with Crippen LogP contribution in [0.3, 0.4) is 0 Å². The summed E-state index contributed by atoms with van der Waals surface area (Å²) in [4.78, 5) is 14.8. The van der Waals surface area contributed by atoms with E-state index in [-0.39, 0.29) is 37.1 Å². The predicted molar refractivity (Wildman–Crippen MR) is 123 cm³/mol. The molecule has 1 spiro atoms. The number of carbonyl (C=O) groups is 1. The fourth-order valence-electron chi connectivity index (χ4n) is 5.34. The summed E-state index contributed by atoms with van der Waals surface area (Å²) in [6.07, 6.45) is 1.06. The van der Waals surface area contributed by atoms with Gasteiger partial charge in [0.2, 0.25) is 21.6 Å². The number of nitrogens with zero attached hydrogens (tertiary/aromatic N) is 2. The second-order valence-electron chi connectivity index (χ2n) is 9.72. The van der Waals surface area contributed by atoms with Gasteiger partial charge < -0.3 is 9.64 Å². The lowest BCUT2D eigenvalue weighted by atomic mass is 9.90. The second kappa shape index (κ2) is 8.87. The van der Waals surface area contributed by atoms with Crippen LogP contribution in [0, 0.1) is 28.4 Å². The third-order valence-corrected chi connectivity index (χ3v) is 8.39. The predicted octanol–water partition coefficient (Wildman–Crippen LogP) is 3.06. The molecule has 0 bridgehead atoms. The second-order valence-corrected chi connectivity index (χ2v) is 11.4. The Morgan fingerprint density at radius 1 is 1.19 bits per heavy atom. The fraction of sp³-hybridized carbons (Fsp3) is 0.440. The first-order valence-electron chi connectivity index (χ1n) is 11.6. The number of halogens is 3. The molecule has 7 nitrogen and oxygen atoms in total. The molecule has 2 heterocycles. The summed E-state index contributed by atoms with van der Waals surface area (Å²) in [6, 6.07) is 8.82. The Hall–Kier alpha value is -2.94. The maximum Gasteiger partial charge on any atom is 0.270 e. The molecule has 2 saturated heterocycles. The summed E-state index contributed by atoms with van der Waals surface area (Å²) >= 11 is 0. The highest BCUT2D eigenvalue weighted by Crippen LogP contribution is 2.56. The van der Waals surface area contributed by atoms with Gasteiger partial charge in [0.15, 0.2) is 0 Å². The van der Waals surface area contributed by atoms with Crippen LogP contribution in [0.1, 0.15) is 24.8 Å². The van der Waals surface area contributed by atoms with Gasteiger partial charge in [0.05, 0.1) is 12.6 Å².